The van der Waals surface area contributed by atoms with Crippen molar-refractivity contribution < 1.29 is 5.11 Å². The maximum Gasteiger partial charge on any atom is 0.122 e. The predicted molar refractivity (Wildman–Crippen MR) is 63.0 cm³/mol. The van der Waals surface area contributed by atoms with Crippen molar-refractivity contribution in [2.24, 2.45) is 5.92 Å². The standard InChI is InChI=1S/C12H19NOS/c1-9-8-15-12(13-9)11(14)10-6-4-2-3-5-7-10/h8,10-11,14H,2-7H2,1H3. The van der Waals surface area contributed by atoms with Gasteiger partial charge in [0.05, 0.1) is 0 Å². The Morgan fingerprint density at radius 2 is 2.00 bits per heavy atom. The van der Waals surface area contributed by atoms with Crippen molar-refractivity contribution in [3.63, 3.8) is 0 Å². The monoisotopic (exact) mass is 225 g/mol. The molecule has 0 aromatic carbocycles. The lowest BCUT2D eigenvalue weighted by atomic mass is 9.94. The summed E-state index contributed by atoms with van der Waals surface area (Å²) in [5, 5.41) is 13.2. The largest absolute Gasteiger partial charge is 0.386 e. The average Bonchev–Trinajstić information content (AvgIpc) is 2.53. The Bertz CT molecular complexity index is 302. The quantitative estimate of drug-likeness (QED) is 0.782. The van der Waals surface area contributed by atoms with Gasteiger partial charge in [0, 0.05) is 11.1 Å². The molecule has 1 N–H and O–H groups in total. The lowest BCUT2D eigenvalue weighted by molar-refractivity contribution is 0.0984. The van der Waals surface area contributed by atoms with Crippen molar-refractivity contribution in [1.29, 1.82) is 0 Å². The fourth-order valence-electron chi connectivity index (χ4n) is 2.34. The van der Waals surface area contributed by atoms with Crippen molar-refractivity contribution in [1.82, 2.24) is 4.98 Å². The average molecular weight is 225 g/mol. The maximum absolute atomic E-state index is 10.2. The van der Waals surface area contributed by atoms with E-state index in [4.69, 9.17) is 0 Å². The van der Waals surface area contributed by atoms with E-state index in [1.165, 1.54) is 38.5 Å². The Kier molecular flexibility index (Phi) is 3.76. The lowest BCUT2D eigenvalue weighted by Gasteiger charge is -2.18. The fraction of sp³-hybridized carbons (Fsp3) is 0.750. The molecule has 1 aromatic rings. The van der Waals surface area contributed by atoms with Gasteiger partial charge in [-0.15, -0.1) is 11.3 Å². The molecular formula is C12H19NOS. The van der Waals surface area contributed by atoms with E-state index in [1.807, 2.05) is 12.3 Å². The Labute approximate surface area is 95.4 Å². The highest BCUT2D eigenvalue weighted by Crippen LogP contribution is 2.34. The van der Waals surface area contributed by atoms with Crippen LogP contribution in [0.2, 0.25) is 0 Å². The molecule has 2 rings (SSSR count). The molecule has 0 spiro atoms. The topological polar surface area (TPSA) is 33.1 Å². The highest BCUT2D eigenvalue weighted by molar-refractivity contribution is 7.09. The third-order valence-electron chi connectivity index (χ3n) is 3.24. The molecule has 0 bridgehead atoms. The Morgan fingerprint density at radius 1 is 1.33 bits per heavy atom. The molecule has 15 heavy (non-hydrogen) atoms. The number of aliphatic hydroxyl groups excluding tert-OH is 1. The van der Waals surface area contributed by atoms with Crippen LogP contribution in [0.5, 0.6) is 0 Å². The van der Waals surface area contributed by atoms with Crippen LogP contribution < -0.4 is 0 Å². The first-order valence-electron chi connectivity index (χ1n) is 5.87. The van der Waals surface area contributed by atoms with E-state index in [0.717, 1.165) is 10.7 Å². The molecule has 1 fully saturated rings. The summed E-state index contributed by atoms with van der Waals surface area (Å²) in [6.45, 7) is 1.99. The fourth-order valence-corrected chi connectivity index (χ4v) is 3.21. The van der Waals surface area contributed by atoms with Gasteiger partial charge in [0.15, 0.2) is 0 Å². The van der Waals surface area contributed by atoms with Gasteiger partial charge in [0.2, 0.25) is 0 Å². The van der Waals surface area contributed by atoms with Crippen LogP contribution in [-0.4, -0.2) is 10.1 Å². The first kappa shape index (κ1) is 11.1. The van der Waals surface area contributed by atoms with E-state index < -0.39 is 0 Å². The molecule has 0 aliphatic heterocycles. The van der Waals surface area contributed by atoms with Crippen molar-refractivity contribution in [3.05, 3.63) is 16.1 Å². The van der Waals surface area contributed by atoms with Crippen LogP contribution >= 0.6 is 11.3 Å². The van der Waals surface area contributed by atoms with Gasteiger partial charge in [-0.05, 0) is 25.7 Å². The van der Waals surface area contributed by atoms with Gasteiger partial charge in [-0.1, -0.05) is 25.7 Å². The van der Waals surface area contributed by atoms with Crippen LogP contribution in [0.4, 0.5) is 0 Å². The van der Waals surface area contributed by atoms with Crippen LogP contribution in [0, 0.1) is 12.8 Å². The second-order valence-corrected chi connectivity index (χ2v) is 5.41. The smallest absolute Gasteiger partial charge is 0.122 e. The van der Waals surface area contributed by atoms with Crippen LogP contribution in [0.3, 0.4) is 0 Å². The molecule has 1 atom stereocenters. The molecule has 2 nitrogen and oxygen atoms in total. The van der Waals surface area contributed by atoms with Gasteiger partial charge in [-0.3, -0.25) is 0 Å². The third-order valence-corrected chi connectivity index (χ3v) is 4.27. The summed E-state index contributed by atoms with van der Waals surface area (Å²) >= 11 is 1.60. The Balaban J connectivity index is 2.02. The summed E-state index contributed by atoms with van der Waals surface area (Å²) in [7, 11) is 0. The molecule has 3 heteroatoms. The van der Waals surface area contributed by atoms with E-state index in [1.54, 1.807) is 11.3 Å². The molecule has 1 aliphatic rings. The van der Waals surface area contributed by atoms with E-state index in [9.17, 15) is 5.11 Å². The summed E-state index contributed by atoms with van der Waals surface area (Å²) < 4.78 is 0. The summed E-state index contributed by atoms with van der Waals surface area (Å²) in [6, 6.07) is 0. The number of hydrogen-bond acceptors (Lipinski definition) is 3. The van der Waals surface area contributed by atoms with Gasteiger partial charge in [-0.2, -0.15) is 0 Å². The minimum absolute atomic E-state index is 0.318. The molecule has 0 amide bonds. The Hall–Kier alpha value is -0.410. The molecule has 0 radical (unpaired) electrons. The van der Waals surface area contributed by atoms with Gasteiger partial charge < -0.3 is 5.11 Å². The van der Waals surface area contributed by atoms with E-state index in [0.29, 0.717) is 5.92 Å². The zero-order chi connectivity index (χ0) is 10.7. The van der Waals surface area contributed by atoms with Gasteiger partial charge in [0.25, 0.3) is 0 Å². The first-order chi connectivity index (χ1) is 7.27. The van der Waals surface area contributed by atoms with Crippen LogP contribution in [0.25, 0.3) is 0 Å². The number of hydrogen-bond donors (Lipinski definition) is 1. The number of thiazole rings is 1. The molecule has 0 saturated heterocycles. The van der Waals surface area contributed by atoms with E-state index in [-0.39, 0.29) is 6.10 Å². The van der Waals surface area contributed by atoms with Crippen molar-refractivity contribution in [2.45, 2.75) is 51.6 Å². The van der Waals surface area contributed by atoms with Crippen molar-refractivity contribution in [2.75, 3.05) is 0 Å². The second-order valence-electron chi connectivity index (χ2n) is 4.52. The summed E-state index contributed by atoms with van der Waals surface area (Å²) in [4.78, 5) is 4.38. The minimum Gasteiger partial charge on any atom is -0.386 e. The summed E-state index contributed by atoms with van der Waals surface area (Å²) in [6.07, 6.45) is 7.22. The second kappa shape index (κ2) is 5.08. The van der Waals surface area contributed by atoms with Gasteiger partial charge >= 0.3 is 0 Å². The first-order valence-corrected chi connectivity index (χ1v) is 6.75. The van der Waals surface area contributed by atoms with Crippen LogP contribution in [-0.2, 0) is 0 Å². The number of aryl methyl sites for hydroxylation is 1. The van der Waals surface area contributed by atoms with Gasteiger partial charge in [0.1, 0.15) is 11.1 Å². The zero-order valence-corrected chi connectivity index (χ0v) is 10.1. The molecule has 84 valence electrons. The predicted octanol–water partition coefficient (Wildman–Crippen LogP) is 3.46. The van der Waals surface area contributed by atoms with Crippen LogP contribution in [0.15, 0.2) is 5.38 Å². The number of aliphatic hydroxyl groups is 1. The zero-order valence-electron chi connectivity index (χ0n) is 9.28. The van der Waals surface area contributed by atoms with Crippen molar-refractivity contribution >= 4 is 11.3 Å². The minimum atomic E-state index is -0.318. The molecular weight excluding hydrogens is 206 g/mol. The molecule has 1 saturated carbocycles. The summed E-state index contributed by atoms with van der Waals surface area (Å²) in [5.41, 5.74) is 1.03. The molecule has 1 aromatic heterocycles. The normalized spacial score (nSPS) is 21.2. The number of nitrogens with zero attached hydrogens (tertiary/aromatic N) is 1. The van der Waals surface area contributed by atoms with Crippen molar-refractivity contribution in [3.8, 4) is 0 Å². The highest BCUT2D eigenvalue weighted by Gasteiger charge is 2.24. The highest BCUT2D eigenvalue weighted by atomic mass is 32.1. The Morgan fingerprint density at radius 3 is 2.53 bits per heavy atom. The number of aromatic nitrogens is 1. The SMILES string of the molecule is Cc1csc(C(O)C2CCCCCC2)n1. The molecule has 1 heterocycles. The third kappa shape index (κ3) is 2.79. The lowest BCUT2D eigenvalue weighted by Crippen LogP contribution is -2.11. The van der Waals surface area contributed by atoms with E-state index >= 15 is 0 Å². The molecule has 1 unspecified atom stereocenters. The van der Waals surface area contributed by atoms with Gasteiger partial charge in [-0.25, -0.2) is 4.98 Å². The molecule has 1 aliphatic carbocycles. The number of rotatable bonds is 2. The summed E-state index contributed by atoms with van der Waals surface area (Å²) in [5.74, 6) is 0.443. The van der Waals surface area contributed by atoms with E-state index in [2.05, 4.69) is 4.98 Å². The maximum atomic E-state index is 10.2. The van der Waals surface area contributed by atoms with Crippen LogP contribution in [0.1, 0.15) is 55.3 Å².